The summed E-state index contributed by atoms with van der Waals surface area (Å²) in [6, 6.07) is 1.53. The van der Waals surface area contributed by atoms with E-state index in [0.29, 0.717) is 35.3 Å². The molecule has 0 bridgehead atoms. The van der Waals surface area contributed by atoms with Gasteiger partial charge in [-0.05, 0) is 18.4 Å². The Kier molecular flexibility index (Phi) is 2.16. The number of ether oxygens (including phenoxy) is 2. The van der Waals surface area contributed by atoms with Gasteiger partial charge in [-0.25, -0.2) is 4.79 Å². The highest BCUT2D eigenvalue weighted by atomic mass is 16.7. The van der Waals surface area contributed by atoms with E-state index in [4.69, 9.17) is 13.9 Å². The third-order valence-electron chi connectivity index (χ3n) is 4.80. The lowest BCUT2D eigenvalue weighted by atomic mass is 9.94. The van der Waals surface area contributed by atoms with Gasteiger partial charge < -0.3 is 19.0 Å². The van der Waals surface area contributed by atoms with Crippen LogP contribution in [0.4, 0.5) is 0 Å². The number of carbonyl (C=O) groups is 1. The molecule has 1 N–H and O–H groups in total. The predicted molar refractivity (Wildman–Crippen MR) is 74.5 cm³/mol. The molecule has 1 aromatic carbocycles. The minimum absolute atomic E-state index is 0.00333. The Morgan fingerprint density at radius 1 is 1.23 bits per heavy atom. The number of phenolic OH excluding ortho intramolecular Hbond substituents is 1. The van der Waals surface area contributed by atoms with Crippen LogP contribution in [0, 0.1) is 0 Å². The van der Waals surface area contributed by atoms with Gasteiger partial charge in [0.15, 0.2) is 5.78 Å². The van der Waals surface area contributed by atoms with Crippen molar-refractivity contribution >= 4 is 16.8 Å². The summed E-state index contributed by atoms with van der Waals surface area (Å²) in [5.41, 5.74) is 1.17. The van der Waals surface area contributed by atoms with Crippen LogP contribution in [0.3, 0.4) is 0 Å². The van der Waals surface area contributed by atoms with Crippen molar-refractivity contribution < 1.29 is 23.8 Å². The molecule has 3 heterocycles. The molecule has 0 unspecified atom stereocenters. The molecule has 1 fully saturated rings. The molecular formula is C16H12O6. The van der Waals surface area contributed by atoms with Crippen LogP contribution in [-0.4, -0.2) is 23.8 Å². The van der Waals surface area contributed by atoms with Gasteiger partial charge in [0.2, 0.25) is 6.29 Å². The van der Waals surface area contributed by atoms with Crippen molar-refractivity contribution in [1.82, 2.24) is 0 Å². The van der Waals surface area contributed by atoms with Crippen LogP contribution in [0.2, 0.25) is 0 Å². The molecule has 112 valence electrons. The molecule has 0 saturated carbocycles. The summed E-state index contributed by atoms with van der Waals surface area (Å²) in [4.78, 5) is 24.1. The molecule has 6 nitrogen and oxygen atoms in total. The highest BCUT2D eigenvalue weighted by Crippen LogP contribution is 2.50. The van der Waals surface area contributed by atoms with Crippen LogP contribution >= 0.6 is 0 Å². The number of ketones is 1. The Labute approximate surface area is 124 Å². The first-order valence-electron chi connectivity index (χ1n) is 7.32. The molecule has 5 rings (SSSR count). The molecular weight excluding hydrogens is 288 g/mol. The smallest absolute Gasteiger partial charge is 0.347 e. The van der Waals surface area contributed by atoms with Crippen LogP contribution in [0.5, 0.6) is 11.5 Å². The van der Waals surface area contributed by atoms with E-state index in [2.05, 4.69) is 0 Å². The molecule has 1 saturated heterocycles. The zero-order valence-corrected chi connectivity index (χ0v) is 11.5. The number of carbonyl (C=O) groups excluding carboxylic acids is 1. The first-order valence-corrected chi connectivity index (χ1v) is 7.32. The number of aromatic hydroxyl groups is 1. The Balaban J connectivity index is 1.92. The second-order valence-corrected chi connectivity index (χ2v) is 5.93. The summed E-state index contributed by atoms with van der Waals surface area (Å²) in [5, 5.41) is 10.8. The largest absolute Gasteiger partial charge is 0.507 e. The Morgan fingerprint density at radius 2 is 2.09 bits per heavy atom. The fourth-order valence-electron chi connectivity index (χ4n) is 3.86. The van der Waals surface area contributed by atoms with E-state index >= 15 is 0 Å². The molecule has 22 heavy (non-hydrogen) atoms. The number of fused-ring (bicyclic) bond motifs is 7. The van der Waals surface area contributed by atoms with Gasteiger partial charge in [0, 0.05) is 18.1 Å². The first-order chi connectivity index (χ1) is 10.6. The number of hydrogen-bond donors (Lipinski definition) is 1. The van der Waals surface area contributed by atoms with Crippen molar-refractivity contribution in [2.45, 2.75) is 31.5 Å². The second-order valence-electron chi connectivity index (χ2n) is 5.93. The molecule has 1 aliphatic carbocycles. The van der Waals surface area contributed by atoms with E-state index in [0.717, 1.165) is 12.0 Å². The number of Topliss-reactive ketones (excluding diaryl/α,β-unsaturated/α-hetero) is 1. The third kappa shape index (κ3) is 1.33. The van der Waals surface area contributed by atoms with Gasteiger partial charge in [-0.15, -0.1) is 0 Å². The summed E-state index contributed by atoms with van der Waals surface area (Å²) in [5.74, 6) is 0.246. The van der Waals surface area contributed by atoms with Gasteiger partial charge in [0.25, 0.3) is 0 Å². The number of phenols is 1. The van der Waals surface area contributed by atoms with Crippen LogP contribution in [-0.2, 0) is 11.2 Å². The summed E-state index contributed by atoms with van der Waals surface area (Å²) in [6.45, 7) is 0.588. The maximum Gasteiger partial charge on any atom is 0.347 e. The van der Waals surface area contributed by atoms with Crippen molar-refractivity contribution in [3.8, 4) is 11.5 Å². The summed E-state index contributed by atoms with van der Waals surface area (Å²) >= 11 is 0. The standard InChI is InChI=1S/C16H12O6/c17-8-2-1-6-11-9(18)5-10-13(7-3-4-20-16(7)21-10)14(11)22-15(19)12(6)8/h5,7,16,18H,1-4H2/t7-,16+/m0/s1. The van der Waals surface area contributed by atoms with E-state index in [1.54, 1.807) is 0 Å². The highest BCUT2D eigenvalue weighted by Gasteiger charge is 2.43. The maximum atomic E-state index is 12.2. The van der Waals surface area contributed by atoms with E-state index in [9.17, 15) is 14.7 Å². The average Bonchev–Trinajstić information content (AvgIpc) is 3.13. The van der Waals surface area contributed by atoms with Gasteiger partial charge in [-0.2, -0.15) is 0 Å². The zero-order chi connectivity index (χ0) is 15.0. The van der Waals surface area contributed by atoms with Crippen LogP contribution < -0.4 is 10.4 Å². The third-order valence-corrected chi connectivity index (χ3v) is 4.80. The molecule has 0 amide bonds. The van der Waals surface area contributed by atoms with Crippen LogP contribution in [0.15, 0.2) is 15.3 Å². The highest BCUT2D eigenvalue weighted by molar-refractivity contribution is 6.06. The molecule has 2 aliphatic heterocycles. The fourth-order valence-corrected chi connectivity index (χ4v) is 3.86. The number of rotatable bonds is 0. The quantitative estimate of drug-likeness (QED) is 0.747. The Morgan fingerprint density at radius 3 is 2.95 bits per heavy atom. The van der Waals surface area contributed by atoms with Crippen molar-refractivity contribution in [2.75, 3.05) is 6.61 Å². The SMILES string of the molecule is O=C1CCc2c1c(=O)oc1c3c(cc(O)c21)O[C@H]1OCC[C@@H]31. The van der Waals surface area contributed by atoms with Gasteiger partial charge >= 0.3 is 5.63 Å². The van der Waals surface area contributed by atoms with Gasteiger partial charge in [0.05, 0.1) is 17.9 Å². The molecule has 1 aromatic heterocycles. The van der Waals surface area contributed by atoms with Crippen LogP contribution in [0.25, 0.3) is 11.0 Å². The monoisotopic (exact) mass is 300 g/mol. The predicted octanol–water partition coefficient (Wildman–Crippen LogP) is 1.85. The molecule has 0 radical (unpaired) electrons. The normalized spacial score (nSPS) is 25.2. The van der Waals surface area contributed by atoms with E-state index < -0.39 is 5.63 Å². The van der Waals surface area contributed by atoms with Crippen molar-refractivity contribution in [2.24, 2.45) is 0 Å². The van der Waals surface area contributed by atoms with E-state index in [-0.39, 0.29) is 35.7 Å². The van der Waals surface area contributed by atoms with Crippen molar-refractivity contribution in [1.29, 1.82) is 0 Å². The molecule has 2 atom stereocenters. The minimum Gasteiger partial charge on any atom is -0.507 e. The lowest BCUT2D eigenvalue weighted by Gasteiger charge is -2.10. The van der Waals surface area contributed by atoms with Gasteiger partial charge in [-0.3, -0.25) is 4.79 Å². The van der Waals surface area contributed by atoms with Gasteiger partial charge in [-0.1, -0.05) is 0 Å². The zero-order valence-electron chi connectivity index (χ0n) is 11.5. The second kappa shape index (κ2) is 3.89. The lowest BCUT2D eigenvalue weighted by molar-refractivity contribution is -0.0337. The number of aryl methyl sites for hydroxylation is 1. The topological polar surface area (TPSA) is 86.0 Å². The molecule has 6 heteroatoms. The number of benzene rings is 1. The number of hydrogen-bond acceptors (Lipinski definition) is 6. The van der Waals surface area contributed by atoms with E-state index in [1.807, 2.05) is 0 Å². The molecule has 0 spiro atoms. The maximum absolute atomic E-state index is 12.2. The van der Waals surface area contributed by atoms with Crippen LogP contribution in [0.1, 0.15) is 40.2 Å². The van der Waals surface area contributed by atoms with Crippen molar-refractivity contribution in [3.05, 3.63) is 33.2 Å². The fraction of sp³-hybridized carbons (Fsp3) is 0.375. The van der Waals surface area contributed by atoms with E-state index in [1.165, 1.54) is 6.07 Å². The Bertz CT molecular complexity index is 909. The summed E-state index contributed by atoms with van der Waals surface area (Å²) in [6.07, 6.45) is 1.12. The van der Waals surface area contributed by atoms with Crippen molar-refractivity contribution in [3.63, 3.8) is 0 Å². The first kappa shape index (κ1) is 12.2. The molecule has 3 aliphatic rings. The summed E-state index contributed by atoms with van der Waals surface area (Å²) < 4.78 is 16.6. The summed E-state index contributed by atoms with van der Waals surface area (Å²) in [7, 11) is 0. The lowest BCUT2D eigenvalue weighted by Crippen LogP contribution is -2.14. The average molecular weight is 300 g/mol. The Hall–Kier alpha value is -2.34. The minimum atomic E-state index is -0.625. The molecule has 2 aromatic rings. The van der Waals surface area contributed by atoms with Gasteiger partial charge in [0.1, 0.15) is 22.6 Å².